The van der Waals surface area contributed by atoms with Crippen molar-refractivity contribution in [3.8, 4) is 5.75 Å². The first-order valence-corrected chi connectivity index (χ1v) is 8.82. The van der Waals surface area contributed by atoms with E-state index in [0.29, 0.717) is 6.61 Å². The summed E-state index contributed by atoms with van der Waals surface area (Å²) < 4.78 is 6.02. The van der Waals surface area contributed by atoms with Crippen molar-refractivity contribution in [3.63, 3.8) is 0 Å². The molecule has 0 aliphatic heterocycles. The number of para-hydroxylation sites is 1. The molecule has 0 saturated heterocycles. The largest absolute Gasteiger partial charge is 0.488 e. The number of hydrogen-bond acceptors (Lipinski definition) is 3. The first kappa shape index (κ1) is 18.0. The number of halogens is 1. The van der Waals surface area contributed by atoms with Gasteiger partial charge in [-0.3, -0.25) is 5.43 Å². The van der Waals surface area contributed by atoms with Crippen molar-refractivity contribution in [1.29, 1.82) is 0 Å². The molecule has 3 aromatic carbocycles. The van der Waals surface area contributed by atoms with E-state index in [0.717, 1.165) is 38.7 Å². The van der Waals surface area contributed by atoms with Gasteiger partial charge in [-0.25, -0.2) is 0 Å². The normalized spacial score (nSPS) is 10.9. The Kier molecular flexibility index (Phi) is 5.92. The molecule has 0 radical (unpaired) electrons. The molecule has 0 amide bonds. The Morgan fingerprint density at radius 2 is 1.62 bits per heavy atom. The Bertz CT molecular complexity index is 867. The molecule has 1 N–H and O–H groups in total. The van der Waals surface area contributed by atoms with E-state index in [9.17, 15) is 0 Å². The van der Waals surface area contributed by atoms with Crippen molar-refractivity contribution in [3.05, 3.63) is 94.0 Å². The maximum Gasteiger partial charge on any atom is 0.125 e. The molecule has 0 saturated carbocycles. The number of benzene rings is 3. The topological polar surface area (TPSA) is 33.6 Å². The third kappa shape index (κ3) is 4.87. The molecule has 0 aliphatic rings. The van der Waals surface area contributed by atoms with E-state index >= 15 is 0 Å². The lowest BCUT2D eigenvalue weighted by Gasteiger charge is -2.13. The van der Waals surface area contributed by atoms with Crippen LogP contribution in [-0.2, 0) is 6.61 Å². The summed E-state index contributed by atoms with van der Waals surface area (Å²) >= 11 is 5.92. The maximum absolute atomic E-state index is 6.02. The van der Waals surface area contributed by atoms with Crippen LogP contribution in [0.5, 0.6) is 5.75 Å². The van der Waals surface area contributed by atoms with Crippen LogP contribution in [0.2, 0.25) is 5.02 Å². The maximum atomic E-state index is 6.02. The fourth-order valence-electron chi connectivity index (χ4n) is 2.72. The van der Waals surface area contributed by atoms with E-state index in [-0.39, 0.29) is 0 Å². The number of rotatable bonds is 6. The third-order valence-corrected chi connectivity index (χ3v) is 4.21. The highest BCUT2D eigenvalue weighted by molar-refractivity contribution is 6.30. The Hall–Kier alpha value is -2.78. The summed E-state index contributed by atoms with van der Waals surface area (Å²) in [5.41, 5.74) is 8.27. The Balaban J connectivity index is 1.66. The Morgan fingerprint density at radius 1 is 0.962 bits per heavy atom. The van der Waals surface area contributed by atoms with Gasteiger partial charge in [0.05, 0.1) is 11.9 Å². The van der Waals surface area contributed by atoms with Crippen LogP contribution in [0.4, 0.5) is 5.69 Å². The molecule has 0 bridgehead atoms. The van der Waals surface area contributed by atoms with Gasteiger partial charge in [-0.05, 0) is 72.5 Å². The molecule has 132 valence electrons. The SMILES string of the molecule is Cc1cc(/C=N/Nc2ccccc2)cc(C)c1OCc1ccc(Cl)cc1. The number of nitrogens with one attached hydrogen (secondary N) is 1. The minimum Gasteiger partial charge on any atom is -0.488 e. The van der Waals surface area contributed by atoms with Gasteiger partial charge in [0.1, 0.15) is 12.4 Å². The molecule has 3 rings (SSSR count). The average Bonchev–Trinajstić information content (AvgIpc) is 2.63. The number of anilines is 1. The van der Waals surface area contributed by atoms with Crippen molar-refractivity contribution in [1.82, 2.24) is 0 Å². The van der Waals surface area contributed by atoms with Crippen LogP contribution in [0.15, 0.2) is 71.8 Å². The van der Waals surface area contributed by atoms with E-state index in [1.807, 2.05) is 74.7 Å². The van der Waals surface area contributed by atoms with Gasteiger partial charge in [0, 0.05) is 5.02 Å². The van der Waals surface area contributed by atoms with Gasteiger partial charge in [0.2, 0.25) is 0 Å². The van der Waals surface area contributed by atoms with Crippen LogP contribution < -0.4 is 10.2 Å². The molecule has 0 heterocycles. The molecule has 0 atom stereocenters. The molecule has 26 heavy (non-hydrogen) atoms. The molecule has 3 nitrogen and oxygen atoms in total. The molecule has 0 aromatic heterocycles. The predicted molar refractivity (Wildman–Crippen MR) is 109 cm³/mol. The molecule has 0 fully saturated rings. The van der Waals surface area contributed by atoms with Crippen LogP contribution >= 0.6 is 11.6 Å². The number of aryl methyl sites for hydroxylation is 2. The zero-order chi connectivity index (χ0) is 18.4. The highest BCUT2D eigenvalue weighted by atomic mass is 35.5. The molecule has 0 aliphatic carbocycles. The fourth-order valence-corrected chi connectivity index (χ4v) is 2.84. The minimum atomic E-state index is 0.516. The van der Waals surface area contributed by atoms with Crippen molar-refractivity contribution >= 4 is 23.5 Å². The van der Waals surface area contributed by atoms with Gasteiger partial charge < -0.3 is 4.74 Å². The van der Waals surface area contributed by atoms with E-state index in [2.05, 4.69) is 22.7 Å². The van der Waals surface area contributed by atoms with Gasteiger partial charge in [-0.15, -0.1) is 0 Å². The monoisotopic (exact) mass is 364 g/mol. The quantitative estimate of drug-likeness (QED) is 0.431. The van der Waals surface area contributed by atoms with Gasteiger partial charge in [-0.1, -0.05) is 41.9 Å². The number of nitrogens with zero attached hydrogens (tertiary/aromatic N) is 1. The van der Waals surface area contributed by atoms with Crippen LogP contribution in [0, 0.1) is 13.8 Å². The highest BCUT2D eigenvalue weighted by Crippen LogP contribution is 2.25. The van der Waals surface area contributed by atoms with Crippen molar-refractivity contribution in [2.45, 2.75) is 20.5 Å². The molecule has 3 aromatic rings. The van der Waals surface area contributed by atoms with E-state index < -0.39 is 0 Å². The second-order valence-electron chi connectivity index (χ2n) is 6.13. The van der Waals surface area contributed by atoms with Crippen molar-refractivity contribution in [2.75, 3.05) is 5.43 Å². The zero-order valence-electron chi connectivity index (χ0n) is 14.9. The summed E-state index contributed by atoms with van der Waals surface area (Å²) in [6.07, 6.45) is 1.82. The third-order valence-electron chi connectivity index (χ3n) is 3.96. The van der Waals surface area contributed by atoms with Gasteiger partial charge in [-0.2, -0.15) is 5.10 Å². The van der Waals surface area contributed by atoms with E-state index in [4.69, 9.17) is 16.3 Å². The van der Waals surface area contributed by atoms with Crippen LogP contribution in [0.1, 0.15) is 22.3 Å². The molecule has 0 unspecified atom stereocenters. The van der Waals surface area contributed by atoms with E-state index in [1.54, 1.807) is 0 Å². The summed E-state index contributed by atoms with van der Waals surface area (Å²) in [6, 6.07) is 21.7. The molecular formula is C22H21ClN2O. The van der Waals surface area contributed by atoms with Crippen LogP contribution in [-0.4, -0.2) is 6.21 Å². The second-order valence-corrected chi connectivity index (χ2v) is 6.57. The lowest BCUT2D eigenvalue weighted by atomic mass is 10.1. The molecule has 0 spiro atoms. The number of ether oxygens (including phenoxy) is 1. The number of hydrogen-bond donors (Lipinski definition) is 1. The first-order chi connectivity index (χ1) is 12.6. The second kappa shape index (κ2) is 8.54. The highest BCUT2D eigenvalue weighted by Gasteiger charge is 2.06. The van der Waals surface area contributed by atoms with Gasteiger partial charge in [0.25, 0.3) is 0 Å². The number of hydrazone groups is 1. The standard InChI is InChI=1S/C22H21ClN2O/c1-16-12-19(14-24-25-21-6-4-3-5-7-21)13-17(2)22(16)26-15-18-8-10-20(23)11-9-18/h3-14,25H,15H2,1-2H3/b24-14+. The van der Waals surface area contributed by atoms with Crippen molar-refractivity contribution < 1.29 is 4.74 Å². The summed E-state index contributed by atoms with van der Waals surface area (Å²) in [6.45, 7) is 4.61. The summed E-state index contributed by atoms with van der Waals surface area (Å²) in [7, 11) is 0. The Labute approximate surface area is 159 Å². The minimum absolute atomic E-state index is 0.516. The average molecular weight is 365 g/mol. The zero-order valence-corrected chi connectivity index (χ0v) is 15.6. The van der Waals surface area contributed by atoms with Gasteiger partial charge in [0.15, 0.2) is 0 Å². The predicted octanol–water partition coefficient (Wildman–Crippen LogP) is 5.98. The fraction of sp³-hybridized carbons (Fsp3) is 0.136. The molecular weight excluding hydrogens is 344 g/mol. The van der Waals surface area contributed by atoms with Gasteiger partial charge >= 0.3 is 0 Å². The summed E-state index contributed by atoms with van der Waals surface area (Å²) in [4.78, 5) is 0. The van der Waals surface area contributed by atoms with E-state index in [1.165, 1.54) is 0 Å². The summed E-state index contributed by atoms with van der Waals surface area (Å²) in [5.74, 6) is 0.910. The van der Waals surface area contributed by atoms with Crippen molar-refractivity contribution in [2.24, 2.45) is 5.10 Å². The lowest BCUT2D eigenvalue weighted by Crippen LogP contribution is -2.00. The molecule has 4 heteroatoms. The van der Waals surface area contributed by atoms with Crippen LogP contribution in [0.25, 0.3) is 0 Å². The summed E-state index contributed by atoms with van der Waals surface area (Å²) in [5, 5.41) is 5.03. The van der Waals surface area contributed by atoms with Crippen LogP contribution in [0.3, 0.4) is 0 Å². The Morgan fingerprint density at radius 3 is 2.27 bits per heavy atom. The lowest BCUT2D eigenvalue weighted by molar-refractivity contribution is 0.302. The first-order valence-electron chi connectivity index (χ1n) is 8.44. The smallest absolute Gasteiger partial charge is 0.125 e.